The number of aromatic nitrogens is 1. The van der Waals surface area contributed by atoms with Crippen molar-refractivity contribution in [2.45, 2.75) is 18.9 Å². The van der Waals surface area contributed by atoms with E-state index < -0.39 is 5.82 Å². The van der Waals surface area contributed by atoms with E-state index in [1.165, 1.54) is 13.2 Å². The lowest BCUT2D eigenvalue weighted by Crippen LogP contribution is -2.37. The number of fused-ring (bicyclic) bond motifs is 1. The highest BCUT2D eigenvalue weighted by Crippen LogP contribution is 2.29. The number of amides is 1. The quantitative estimate of drug-likeness (QED) is 0.449. The molecule has 0 spiro atoms. The highest BCUT2D eigenvalue weighted by molar-refractivity contribution is 5.98. The summed E-state index contributed by atoms with van der Waals surface area (Å²) < 4.78 is 18.7. The van der Waals surface area contributed by atoms with Crippen molar-refractivity contribution >= 4 is 29.2 Å². The van der Waals surface area contributed by atoms with Crippen molar-refractivity contribution in [3.05, 3.63) is 54.0 Å². The Bertz CT molecular complexity index is 976. The fourth-order valence-corrected chi connectivity index (χ4v) is 3.07. The molecule has 1 aromatic heterocycles. The van der Waals surface area contributed by atoms with E-state index in [1.807, 2.05) is 18.2 Å². The van der Waals surface area contributed by atoms with Crippen molar-refractivity contribution in [1.29, 1.82) is 0 Å². The SMILES string of the molecule is COc1cc(-c2ccc3cc(C(=O)NCC(N)CCCN)[nH]c3c2)ccc1F.Cl. The highest BCUT2D eigenvalue weighted by atomic mass is 35.5. The smallest absolute Gasteiger partial charge is 0.267 e. The zero-order valence-corrected chi connectivity index (χ0v) is 17.0. The molecule has 3 aromatic rings. The number of methoxy groups -OCH3 is 1. The maximum absolute atomic E-state index is 13.6. The standard InChI is InChI=1S/C21H25FN4O2.ClH/c1-28-20-11-14(6-7-17(20)22)13-4-5-15-10-19(26-18(15)9-13)21(27)25-12-16(24)3-2-8-23;/h4-7,9-11,16,26H,2-3,8,12,23-24H2,1H3,(H,25,27);1H. The van der Waals surface area contributed by atoms with E-state index >= 15 is 0 Å². The van der Waals surface area contributed by atoms with Crippen molar-refractivity contribution in [3.8, 4) is 16.9 Å². The number of carbonyl (C=O) groups is 1. The van der Waals surface area contributed by atoms with Crippen LogP contribution in [0.3, 0.4) is 0 Å². The Morgan fingerprint density at radius 1 is 1.21 bits per heavy atom. The molecule has 0 aliphatic heterocycles. The van der Waals surface area contributed by atoms with Crippen LogP contribution in [-0.2, 0) is 0 Å². The first-order valence-corrected chi connectivity index (χ1v) is 9.22. The lowest BCUT2D eigenvalue weighted by molar-refractivity contribution is 0.0946. The lowest BCUT2D eigenvalue weighted by atomic mass is 10.0. The first kappa shape index (κ1) is 22.7. The van der Waals surface area contributed by atoms with E-state index in [2.05, 4.69) is 10.3 Å². The molecule has 0 radical (unpaired) electrons. The Hall–Kier alpha value is -2.61. The molecule has 156 valence electrons. The van der Waals surface area contributed by atoms with Gasteiger partial charge < -0.3 is 26.5 Å². The number of hydrogen-bond donors (Lipinski definition) is 4. The van der Waals surface area contributed by atoms with E-state index in [0.29, 0.717) is 18.8 Å². The number of benzene rings is 2. The number of hydrogen-bond acceptors (Lipinski definition) is 4. The Kier molecular flexibility index (Phi) is 8.01. The van der Waals surface area contributed by atoms with Crippen molar-refractivity contribution < 1.29 is 13.9 Å². The van der Waals surface area contributed by atoms with Gasteiger partial charge in [0.1, 0.15) is 5.69 Å². The minimum Gasteiger partial charge on any atom is -0.494 e. The van der Waals surface area contributed by atoms with Crippen LogP contribution in [0.2, 0.25) is 0 Å². The summed E-state index contributed by atoms with van der Waals surface area (Å²) in [5.41, 5.74) is 14.4. The molecular formula is C21H26ClFN4O2. The summed E-state index contributed by atoms with van der Waals surface area (Å²) in [4.78, 5) is 15.5. The second kappa shape index (κ2) is 10.2. The van der Waals surface area contributed by atoms with Crippen LogP contribution in [0.15, 0.2) is 42.5 Å². The monoisotopic (exact) mass is 420 g/mol. The molecule has 0 saturated carbocycles. The van der Waals surface area contributed by atoms with Crippen molar-refractivity contribution in [1.82, 2.24) is 10.3 Å². The van der Waals surface area contributed by atoms with E-state index in [1.54, 1.807) is 18.2 Å². The lowest BCUT2D eigenvalue weighted by Gasteiger charge is -2.11. The van der Waals surface area contributed by atoms with Crippen molar-refractivity contribution in [2.24, 2.45) is 11.5 Å². The fourth-order valence-electron chi connectivity index (χ4n) is 3.07. The third kappa shape index (κ3) is 5.47. The molecule has 1 amide bonds. The maximum Gasteiger partial charge on any atom is 0.267 e. The predicted octanol–water partition coefficient (Wildman–Crippen LogP) is 3.20. The second-order valence-corrected chi connectivity index (χ2v) is 6.74. The zero-order valence-electron chi connectivity index (χ0n) is 16.2. The van der Waals surface area contributed by atoms with E-state index in [0.717, 1.165) is 34.9 Å². The molecule has 0 saturated heterocycles. The summed E-state index contributed by atoms with van der Waals surface area (Å²) in [5.74, 6) is -0.421. The van der Waals surface area contributed by atoms with Gasteiger partial charge in [-0.15, -0.1) is 12.4 Å². The Morgan fingerprint density at radius 2 is 1.93 bits per heavy atom. The van der Waals surface area contributed by atoms with Gasteiger partial charge in [0.15, 0.2) is 11.6 Å². The van der Waals surface area contributed by atoms with E-state index in [-0.39, 0.29) is 30.1 Å². The third-order valence-corrected chi connectivity index (χ3v) is 4.66. The van der Waals surface area contributed by atoms with Crippen LogP contribution in [0.5, 0.6) is 5.75 Å². The molecule has 1 atom stereocenters. The largest absolute Gasteiger partial charge is 0.494 e. The van der Waals surface area contributed by atoms with E-state index in [4.69, 9.17) is 16.2 Å². The molecule has 8 heteroatoms. The van der Waals surface area contributed by atoms with Crippen molar-refractivity contribution in [2.75, 3.05) is 20.2 Å². The second-order valence-electron chi connectivity index (χ2n) is 6.74. The molecule has 0 aliphatic carbocycles. The number of carbonyl (C=O) groups excluding carboxylic acids is 1. The van der Waals surface area contributed by atoms with Crippen LogP contribution in [0, 0.1) is 5.82 Å². The van der Waals surface area contributed by atoms with Crippen LogP contribution in [0.25, 0.3) is 22.0 Å². The van der Waals surface area contributed by atoms with Crippen LogP contribution < -0.4 is 21.5 Å². The number of nitrogens with one attached hydrogen (secondary N) is 2. The molecule has 2 aromatic carbocycles. The summed E-state index contributed by atoms with van der Waals surface area (Å²) in [6.45, 7) is 0.987. The van der Waals surface area contributed by atoms with Gasteiger partial charge in [0.2, 0.25) is 0 Å². The number of aromatic amines is 1. The normalized spacial score (nSPS) is 11.7. The van der Waals surface area contributed by atoms with Gasteiger partial charge >= 0.3 is 0 Å². The van der Waals surface area contributed by atoms with Crippen molar-refractivity contribution in [3.63, 3.8) is 0 Å². The number of ether oxygens (including phenoxy) is 1. The van der Waals surface area contributed by atoms with Gasteiger partial charge in [-0.05, 0) is 54.8 Å². The average Bonchev–Trinajstić information content (AvgIpc) is 3.14. The summed E-state index contributed by atoms with van der Waals surface area (Å²) in [7, 11) is 1.43. The molecule has 0 fully saturated rings. The molecular weight excluding hydrogens is 395 g/mol. The van der Waals surface area contributed by atoms with Gasteiger partial charge in [0, 0.05) is 23.5 Å². The maximum atomic E-state index is 13.6. The van der Waals surface area contributed by atoms with Gasteiger partial charge in [-0.25, -0.2) is 4.39 Å². The van der Waals surface area contributed by atoms with Gasteiger partial charge in [-0.1, -0.05) is 18.2 Å². The predicted molar refractivity (Wildman–Crippen MR) is 116 cm³/mol. The van der Waals surface area contributed by atoms with Crippen LogP contribution in [0.1, 0.15) is 23.3 Å². The molecule has 1 unspecified atom stereocenters. The minimum atomic E-state index is -0.407. The molecule has 6 nitrogen and oxygen atoms in total. The summed E-state index contributed by atoms with van der Waals surface area (Å²) in [5, 5.41) is 3.75. The first-order valence-electron chi connectivity index (χ1n) is 9.22. The minimum absolute atomic E-state index is 0. The Balaban J connectivity index is 0.00000300. The molecule has 0 aliphatic rings. The topological polar surface area (TPSA) is 106 Å². The number of halogens is 2. The highest BCUT2D eigenvalue weighted by Gasteiger charge is 2.12. The zero-order chi connectivity index (χ0) is 20.1. The van der Waals surface area contributed by atoms with Crippen LogP contribution in [-0.4, -0.2) is 37.1 Å². The molecule has 1 heterocycles. The summed E-state index contributed by atoms with van der Waals surface area (Å²) >= 11 is 0. The van der Waals surface area contributed by atoms with Crippen LogP contribution >= 0.6 is 12.4 Å². The number of H-pyrrole nitrogens is 1. The summed E-state index contributed by atoms with van der Waals surface area (Å²) in [6.07, 6.45) is 1.61. The third-order valence-electron chi connectivity index (χ3n) is 4.66. The van der Waals surface area contributed by atoms with Gasteiger partial charge in [0.05, 0.1) is 7.11 Å². The Morgan fingerprint density at radius 3 is 2.66 bits per heavy atom. The van der Waals surface area contributed by atoms with Gasteiger partial charge in [-0.3, -0.25) is 4.79 Å². The summed E-state index contributed by atoms with van der Waals surface area (Å²) in [6, 6.07) is 12.2. The van der Waals surface area contributed by atoms with Gasteiger partial charge in [-0.2, -0.15) is 0 Å². The molecule has 6 N–H and O–H groups in total. The fraction of sp³-hybridized carbons (Fsp3) is 0.286. The van der Waals surface area contributed by atoms with Gasteiger partial charge in [0.25, 0.3) is 5.91 Å². The molecule has 0 bridgehead atoms. The van der Waals surface area contributed by atoms with E-state index in [9.17, 15) is 9.18 Å². The number of nitrogens with two attached hydrogens (primary N) is 2. The first-order chi connectivity index (χ1) is 13.5. The average molecular weight is 421 g/mol. The molecule has 29 heavy (non-hydrogen) atoms. The van der Waals surface area contributed by atoms with Crippen LogP contribution in [0.4, 0.5) is 4.39 Å². The Labute approximate surface area is 175 Å². The number of rotatable bonds is 8. The molecule has 3 rings (SSSR count).